The van der Waals surface area contributed by atoms with E-state index in [1.165, 1.54) is 16.7 Å². The topological polar surface area (TPSA) is 108 Å². The van der Waals surface area contributed by atoms with Crippen LogP contribution in [0, 0.1) is 13.8 Å². The van der Waals surface area contributed by atoms with Gasteiger partial charge in [-0.3, -0.25) is 9.59 Å². The number of hydrogen-bond donors (Lipinski definition) is 3. The molecule has 3 N–H and O–H groups in total. The van der Waals surface area contributed by atoms with Gasteiger partial charge < -0.3 is 25.4 Å². The molecule has 3 rings (SSSR count). The van der Waals surface area contributed by atoms with Crippen molar-refractivity contribution in [3.63, 3.8) is 0 Å². The third-order valence-electron chi connectivity index (χ3n) is 6.74. The molecule has 0 saturated heterocycles. The second-order valence-electron chi connectivity index (χ2n) is 11.0. The van der Waals surface area contributed by atoms with Gasteiger partial charge in [0.25, 0.3) is 5.91 Å². The highest BCUT2D eigenvalue weighted by molar-refractivity contribution is 7.98. The minimum atomic E-state index is -1.06. The van der Waals surface area contributed by atoms with E-state index in [-0.39, 0.29) is 13.2 Å². The molecule has 9 heteroatoms. The summed E-state index contributed by atoms with van der Waals surface area (Å²) in [6.07, 6.45) is 1.52. The van der Waals surface area contributed by atoms with E-state index in [1.54, 1.807) is 20.8 Å². The first-order valence-corrected chi connectivity index (χ1v) is 15.1. The van der Waals surface area contributed by atoms with Crippen LogP contribution in [0.2, 0.25) is 0 Å². The lowest BCUT2D eigenvalue weighted by molar-refractivity contribution is -0.141. The smallest absolute Gasteiger partial charge is 0.408 e. The summed E-state index contributed by atoms with van der Waals surface area (Å²) in [5.41, 5.74) is 2.32. The molecule has 0 fully saturated rings. The molecule has 0 aromatic heterocycles. The Morgan fingerprint density at radius 3 is 2.37 bits per heavy atom. The number of carbonyl (C=O) groups is 3. The van der Waals surface area contributed by atoms with Gasteiger partial charge in [0, 0.05) is 12.2 Å². The van der Waals surface area contributed by atoms with Crippen LogP contribution >= 0.6 is 11.8 Å². The van der Waals surface area contributed by atoms with Crippen LogP contribution in [0.15, 0.2) is 60.7 Å². The fourth-order valence-corrected chi connectivity index (χ4v) is 5.09. The average molecular weight is 580 g/mol. The fourth-order valence-electron chi connectivity index (χ4n) is 4.62. The number of nitrogens with zero attached hydrogens (tertiary/aromatic N) is 1. The Hall–Kier alpha value is -3.56. The maximum atomic E-state index is 14.1. The van der Waals surface area contributed by atoms with Crippen molar-refractivity contribution in [1.29, 1.82) is 0 Å². The van der Waals surface area contributed by atoms with Gasteiger partial charge in [-0.05, 0) is 92.6 Å². The first-order valence-electron chi connectivity index (χ1n) is 13.7. The molecule has 0 saturated carbocycles. The molecule has 41 heavy (non-hydrogen) atoms. The van der Waals surface area contributed by atoms with E-state index in [0.717, 1.165) is 21.9 Å². The zero-order chi connectivity index (χ0) is 30.2. The van der Waals surface area contributed by atoms with Crippen molar-refractivity contribution < 1.29 is 24.2 Å². The fraction of sp³-hybridized carbons (Fsp3) is 0.406. The number of ether oxygens (including phenoxy) is 1. The predicted octanol–water partition coefficient (Wildman–Crippen LogP) is 5.60. The molecule has 3 aromatic rings. The number of rotatable bonds is 11. The third kappa shape index (κ3) is 8.71. The van der Waals surface area contributed by atoms with Gasteiger partial charge >= 0.3 is 6.09 Å². The Bertz CT molecular complexity index is 1370. The van der Waals surface area contributed by atoms with E-state index in [0.29, 0.717) is 23.4 Å². The van der Waals surface area contributed by atoms with Crippen LogP contribution in [-0.4, -0.2) is 64.7 Å². The van der Waals surface area contributed by atoms with E-state index in [4.69, 9.17) is 4.74 Å². The first-order chi connectivity index (χ1) is 19.4. The van der Waals surface area contributed by atoms with E-state index in [9.17, 15) is 19.5 Å². The normalized spacial score (nSPS) is 12.9. The second kappa shape index (κ2) is 14.4. The van der Waals surface area contributed by atoms with Gasteiger partial charge in [0.2, 0.25) is 5.91 Å². The van der Waals surface area contributed by atoms with Gasteiger partial charge in [-0.1, -0.05) is 48.5 Å². The van der Waals surface area contributed by atoms with Gasteiger partial charge in [-0.25, -0.2) is 4.79 Å². The quantitative estimate of drug-likeness (QED) is 0.273. The number of alkyl carbamates (subject to hydrolysis) is 1. The van der Waals surface area contributed by atoms with E-state index in [1.807, 2.05) is 80.8 Å². The molecule has 220 valence electrons. The van der Waals surface area contributed by atoms with Crippen LogP contribution in [0.5, 0.6) is 0 Å². The number of fused-ring (bicyclic) bond motifs is 1. The maximum absolute atomic E-state index is 14.1. The number of amides is 3. The SMILES string of the molecule is CSCCC(NC(=O)OC(C)(C)C)C(=O)N(CCO)C(C(=O)Nc1ccc2ccccc2c1)c1cccc(C)c1C. The largest absolute Gasteiger partial charge is 0.444 e. The molecule has 3 aromatic carbocycles. The summed E-state index contributed by atoms with van der Waals surface area (Å²) in [7, 11) is 0. The Labute approximate surface area is 246 Å². The zero-order valence-electron chi connectivity index (χ0n) is 24.7. The predicted molar refractivity (Wildman–Crippen MR) is 166 cm³/mol. The Morgan fingerprint density at radius 1 is 1.00 bits per heavy atom. The molecule has 0 heterocycles. The summed E-state index contributed by atoms with van der Waals surface area (Å²) >= 11 is 1.54. The van der Waals surface area contributed by atoms with E-state index in [2.05, 4.69) is 10.6 Å². The van der Waals surface area contributed by atoms with Crippen molar-refractivity contribution in [3.05, 3.63) is 77.4 Å². The van der Waals surface area contributed by atoms with Gasteiger partial charge in [-0.15, -0.1) is 0 Å². The molecule has 0 spiro atoms. The highest BCUT2D eigenvalue weighted by atomic mass is 32.2. The highest BCUT2D eigenvalue weighted by Gasteiger charge is 2.37. The number of aryl methyl sites for hydroxylation is 1. The number of nitrogens with one attached hydrogen (secondary N) is 2. The molecule has 2 unspecified atom stereocenters. The van der Waals surface area contributed by atoms with Crippen molar-refractivity contribution in [2.75, 3.05) is 30.5 Å². The average Bonchev–Trinajstić information content (AvgIpc) is 2.91. The lowest BCUT2D eigenvalue weighted by Crippen LogP contribution is -2.53. The number of aliphatic hydroxyl groups excluding tert-OH is 1. The zero-order valence-corrected chi connectivity index (χ0v) is 25.5. The summed E-state index contributed by atoms with van der Waals surface area (Å²) in [6.45, 7) is 8.63. The highest BCUT2D eigenvalue weighted by Crippen LogP contribution is 2.29. The number of thioether (sulfide) groups is 1. The van der Waals surface area contributed by atoms with Crippen molar-refractivity contribution in [2.24, 2.45) is 0 Å². The van der Waals surface area contributed by atoms with Crippen molar-refractivity contribution >= 4 is 46.1 Å². The van der Waals surface area contributed by atoms with Crippen LogP contribution in [0.3, 0.4) is 0 Å². The number of anilines is 1. The molecule has 8 nitrogen and oxygen atoms in total. The molecular weight excluding hydrogens is 538 g/mol. The van der Waals surface area contributed by atoms with Crippen LogP contribution in [0.4, 0.5) is 10.5 Å². The van der Waals surface area contributed by atoms with Crippen LogP contribution in [-0.2, 0) is 14.3 Å². The number of carbonyl (C=O) groups excluding carboxylic acids is 3. The number of benzene rings is 3. The van der Waals surface area contributed by atoms with Gasteiger partial charge in [0.05, 0.1) is 6.61 Å². The summed E-state index contributed by atoms with van der Waals surface area (Å²) in [5, 5.41) is 17.8. The Morgan fingerprint density at radius 2 is 1.71 bits per heavy atom. The molecule has 0 aliphatic carbocycles. The van der Waals surface area contributed by atoms with Crippen LogP contribution in [0.1, 0.15) is 49.9 Å². The Kier molecular flexibility index (Phi) is 11.2. The first kappa shape index (κ1) is 32.0. The minimum Gasteiger partial charge on any atom is -0.444 e. The van der Waals surface area contributed by atoms with E-state index < -0.39 is 35.6 Å². The van der Waals surface area contributed by atoms with Gasteiger partial charge in [0.15, 0.2) is 0 Å². The third-order valence-corrected chi connectivity index (χ3v) is 7.39. The summed E-state index contributed by atoms with van der Waals surface area (Å²) in [4.78, 5) is 42.3. The summed E-state index contributed by atoms with van der Waals surface area (Å²) < 4.78 is 5.42. The molecule has 0 aliphatic rings. The molecule has 3 amide bonds. The lowest BCUT2D eigenvalue weighted by atomic mass is 9.94. The molecule has 2 atom stereocenters. The van der Waals surface area contributed by atoms with Crippen molar-refractivity contribution in [1.82, 2.24) is 10.2 Å². The van der Waals surface area contributed by atoms with Crippen molar-refractivity contribution in [3.8, 4) is 0 Å². The molecule has 0 aliphatic heterocycles. The van der Waals surface area contributed by atoms with Crippen LogP contribution in [0.25, 0.3) is 10.8 Å². The summed E-state index contributed by atoms with van der Waals surface area (Å²) in [5.74, 6) is -0.299. The summed E-state index contributed by atoms with van der Waals surface area (Å²) in [6, 6.07) is 17.1. The maximum Gasteiger partial charge on any atom is 0.408 e. The monoisotopic (exact) mass is 579 g/mol. The van der Waals surface area contributed by atoms with E-state index >= 15 is 0 Å². The second-order valence-corrected chi connectivity index (χ2v) is 12.0. The minimum absolute atomic E-state index is 0.103. The number of aliphatic hydroxyl groups is 1. The molecular formula is C32H41N3O5S. The standard InChI is InChI=1S/C32H41N3O5S/c1-21-10-9-13-26(22(21)2)28(29(37)33-25-15-14-23-11-7-8-12-24(23)20-25)35(17-18-36)30(38)27(16-19-41-6)34-31(39)40-32(3,4)5/h7-15,20,27-28,36H,16-19H2,1-6H3,(H,33,37)(H,34,39). The van der Waals surface area contributed by atoms with Crippen molar-refractivity contribution in [2.45, 2.75) is 58.7 Å². The lowest BCUT2D eigenvalue weighted by Gasteiger charge is -2.35. The Balaban J connectivity index is 2.03. The number of hydrogen-bond acceptors (Lipinski definition) is 6. The van der Waals surface area contributed by atoms with Gasteiger partial charge in [0.1, 0.15) is 17.7 Å². The molecule has 0 bridgehead atoms. The molecule has 0 radical (unpaired) electrons. The van der Waals surface area contributed by atoms with Gasteiger partial charge in [-0.2, -0.15) is 11.8 Å². The van der Waals surface area contributed by atoms with Crippen LogP contribution < -0.4 is 10.6 Å².